The molecule has 0 heterocycles. The van der Waals surface area contributed by atoms with Gasteiger partial charge < -0.3 is 10.6 Å². The number of rotatable bonds is 7. The molecule has 8 heteroatoms. The fourth-order valence-corrected chi connectivity index (χ4v) is 1.91. The average molecular weight is 315 g/mol. The Labute approximate surface area is 124 Å². The summed E-state index contributed by atoms with van der Waals surface area (Å²) in [6.07, 6.45) is 1.17. The van der Waals surface area contributed by atoms with E-state index in [1.807, 2.05) is 6.92 Å². The fraction of sp³-hybridized carbons (Fsp3) is 0.538. The van der Waals surface area contributed by atoms with E-state index < -0.39 is 19.5 Å². The van der Waals surface area contributed by atoms with Crippen molar-refractivity contribution in [3.8, 4) is 0 Å². The lowest BCUT2D eigenvalue weighted by Crippen LogP contribution is -2.38. The monoisotopic (exact) mass is 315 g/mol. The molecule has 0 unspecified atom stereocenters. The van der Waals surface area contributed by atoms with Gasteiger partial charge in [0.2, 0.25) is 0 Å². The summed E-state index contributed by atoms with van der Waals surface area (Å²) < 4.78 is 22.4. The predicted octanol–water partition coefficient (Wildman–Crippen LogP) is 2.26. The summed E-state index contributed by atoms with van der Waals surface area (Å²) in [5.41, 5.74) is 1.08. The van der Waals surface area contributed by atoms with Gasteiger partial charge in [0.25, 0.3) is 5.69 Å². The highest BCUT2D eigenvalue weighted by molar-refractivity contribution is 7.92. The van der Waals surface area contributed by atoms with Gasteiger partial charge in [-0.05, 0) is 26.8 Å². The minimum atomic E-state index is -3.23. The van der Waals surface area contributed by atoms with Crippen LogP contribution in [0.5, 0.6) is 0 Å². The minimum absolute atomic E-state index is 0.0480. The van der Waals surface area contributed by atoms with Gasteiger partial charge in [0.05, 0.1) is 9.67 Å². The van der Waals surface area contributed by atoms with Gasteiger partial charge in [0, 0.05) is 42.9 Å². The van der Waals surface area contributed by atoms with E-state index in [9.17, 15) is 18.5 Å². The summed E-state index contributed by atoms with van der Waals surface area (Å²) in [6, 6.07) is 4.55. The number of nitrogens with one attached hydrogen (secondary N) is 2. The molecule has 0 bridgehead atoms. The van der Waals surface area contributed by atoms with E-state index in [0.29, 0.717) is 17.9 Å². The van der Waals surface area contributed by atoms with Crippen molar-refractivity contribution in [2.24, 2.45) is 0 Å². The van der Waals surface area contributed by atoms with E-state index in [4.69, 9.17) is 0 Å². The predicted molar refractivity (Wildman–Crippen MR) is 84.7 cm³/mol. The normalized spacial score (nSPS) is 12.0. The zero-order chi connectivity index (χ0) is 16.3. The van der Waals surface area contributed by atoms with E-state index in [1.54, 1.807) is 19.9 Å². The Hall–Kier alpha value is -1.83. The summed E-state index contributed by atoms with van der Waals surface area (Å²) in [7, 11) is -3.23. The molecule has 1 rings (SSSR count). The van der Waals surface area contributed by atoms with Gasteiger partial charge >= 0.3 is 0 Å². The van der Waals surface area contributed by atoms with Crippen LogP contribution in [0.15, 0.2) is 18.2 Å². The smallest absolute Gasteiger partial charge is 0.273 e. The van der Waals surface area contributed by atoms with E-state index in [1.165, 1.54) is 18.4 Å². The molecule has 7 nitrogen and oxygen atoms in total. The number of hydrogen-bond donors (Lipinski definition) is 2. The van der Waals surface area contributed by atoms with Gasteiger partial charge in [-0.3, -0.25) is 10.1 Å². The van der Waals surface area contributed by atoms with E-state index in [-0.39, 0.29) is 12.2 Å². The molecular formula is C13H21N3O4S. The van der Waals surface area contributed by atoms with Gasteiger partial charge in [-0.1, -0.05) is 0 Å². The molecule has 0 aromatic heterocycles. The van der Waals surface area contributed by atoms with Crippen molar-refractivity contribution in [2.75, 3.05) is 30.0 Å². The van der Waals surface area contributed by atoms with Crippen molar-refractivity contribution < 1.29 is 13.3 Å². The second kappa shape index (κ2) is 6.30. The SMILES string of the molecule is CCNc1cc(NCC(C)(C)S(C)(=O)=O)cc([N+](=O)[O-])c1. The summed E-state index contributed by atoms with van der Waals surface area (Å²) >= 11 is 0. The van der Waals surface area contributed by atoms with Gasteiger partial charge in [-0.2, -0.15) is 0 Å². The number of non-ortho nitro benzene ring substituents is 1. The first kappa shape index (κ1) is 17.2. The second-order valence-electron chi connectivity index (χ2n) is 5.44. The molecule has 0 spiro atoms. The molecule has 118 valence electrons. The van der Waals surface area contributed by atoms with Crippen LogP contribution in [0.25, 0.3) is 0 Å². The number of nitro benzene ring substituents is 1. The molecule has 0 aliphatic carbocycles. The second-order valence-corrected chi connectivity index (χ2v) is 8.09. The van der Waals surface area contributed by atoms with Gasteiger partial charge in [-0.25, -0.2) is 8.42 Å². The fourth-order valence-electron chi connectivity index (χ4n) is 1.57. The van der Waals surface area contributed by atoms with Crippen LogP contribution >= 0.6 is 0 Å². The van der Waals surface area contributed by atoms with Crippen molar-refractivity contribution in [2.45, 2.75) is 25.5 Å². The van der Waals surface area contributed by atoms with Crippen molar-refractivity contribution in [1.29, 1.82) is 0 Å². The Morgan fingerprint density at radius 3 is 2.14 bits per heavy atom. The Balaban J connectivity index is 3.00. The molecule has 21 heavy (non-hydrogen) atoms. The van der Waals surface area contributed by atoms with Gasteiger partial charge in [0.1, 0.15) is 0 Å². The number of hydrogen-bond acceptors (Lipinski definition) is 6. The third-order valence-corrected chi connectivity index (χ3v) is 5.38. The van der Waals surface area contributed by atoms with E-state index >= 15 is 0 Å². The van der Waals surface area contributed by atoms with Crippen LogP contribution in [0, 0.1) is 10.1 Å². The summed E-state index contributed by atoms with van der Waals surface area (Å²) in [5, 5.41) is 16.9. The average Bonchev–Trinajstić information content (AvgIpc) is 2.35. The van der Waals surface area contributed by atoms with Gasteiger partial charge in [0.15, 0.2) is 9.84 Å². The standard InChI is InChI=1S/C13H21N3O4S/c1-5-14-10-6-11(8-12(7-10)16(17)18)15-9-13(2,3)21(4,19)20/h6-8,14-15H,5,9H2,1-4H3. The first-order chi connectivity index (χ1) is 9.56. The lowest BCUT2D eigenvalue weighted by molar-refractivity contribution is -0.384. The third-order valence-electron chi connectivity index (χ3n) is 3.23. The molecule has 2 N–H and O–H groups in total. The first-order valence-corrected chi connectivity index (χ1v) is 8.43. The van der Waals surface area contributed by atoms with Gasteiger partial charge in [-0.15, -0.1) is 0 Å². The van der Waals surface area contributed by atoms with Crippen molar-refractivity contribution in [3.63, 3.8) is 0 Å². The van der Waals surface area contributed by atoms with Crippen LogP contribution in [0.1, 0.15) is 20.8 Å². The lowest BCUT2D eigenvalue weighted by Gasteiger charge is -2.23. The Bertz CT molecular complexity index is 626. The van der Waals surface area contributed by atoms with Crippen LogP contribution in [0.2, 0.25) is 0 Å². The Morgan fingerprint density at radius 1 is 1.19 bits per heavy atom. The van der Waals surface area contributed by atoms with E-state index in [2.05, 4.69) is 10.6 Å². The van der Waals surface area contributed by atoms with Crippen molar-refractivity contribution in [1.82, 2.24) is 0 Å². The molecule has 0 radical (unpaired) electrons. The van der Waals surface area contributed by atoms with E-state index in [0.717, 1.165) is 0 Å². The molecule has 0 amide bonds. The molecule has 0 aliphatic rings. The Kier molecular flexibility index (Phi) is 5.16. The van der Waals surface area contributed by atoms with Crippen molar-refractivity contribution >= 4 is 26.9 Å². The first-order valence-electron chi connectivity index (χ1n) is 6.53. The lowest BCUT2D eigenvalue weighted by atomic mass is 10.2. The van der Waals surface area contributed by atoms with Crippen LogP contribution in [-0.4, -0.2) is 37.4 Å². The molecule has 0 saturated heterocycles. The van der Waals surface area contributed by atoms with Crippen LogP contribution < -0.4 is 10.6 Å². The molecule has 1 aromatic carbocycles. The molecule has 0 fully saturated rings. The third kappa shape index (κ3) is 4.59. The number of sulfone groups is 1. The molecule has 1 aromatic rings. The maximum absolute atomic E-state index is 11.7. The molecule has 0 saturated carbocycles. The van der Waals surface area contributed by atoms with Crippen LogP contribution in [-0.2, 0) is 9.84 Å². The molecule has 0 atom stereocenters. The number of nitrogens with zero attached hydrogens (tertiary/aromatic N) is 1. The van der Waals surface area contributed by atoms with Crippen molar-refractivity contribution in [3.05, 3.63) is 28.3 Å². The largest absolute Gasteiger partial charge is 0.385 e. The Morgan fingerprint density at radius 2 is 1.71 bits per heavy atom. The quantitative estimate of drug-likeness (QED) is 0.591. The molecule has 0 aliphatic heterocycles. The maximum atomic E-state index is 11.7. The topological polar surface area (TPSA) is 101 Å². The maximum Gasteiger partial charge on any atom is 0.273 e. The molecular weight excluding hydrogens is 294 g/mol. The summed E-state index contributed by atoms with van der Waals surface area (Å²) in [4.78, 5) is 10.4. The summed E-state index contributed by atoms with van der Waals surface area (Å²) in [6.45, 7) is 5.91. The number of nitro groups is 1. The zero-order valence-electron chi connectivity index (χ0n) is 12.6. The minimum Gasteiger partial charge on any atom is -0.385 e. The van der Waals surface area contributed by atoms with Crippen LogP contribution in [0.4, 0.5) is 17.1 Å². The van der Waals surface area contributed by atoms with Crippen LogP contribution in [0.3, 0.4) is 0 Å². The summed E-state index contributed by atoms with van der Waals surface area (Å²) in [5.74, 6) is 0. The number of anilines is 2. The number of benzene rings is 1. The highest BCUT2D eigenvalue weighted by Gasteiger charge is 2.29. The highest BCUT2D eigenvalue weighted by Crippen LogP contribution is 2.25. The highest BCUT2D eigenvalue weighted by atomic mass is 32.2. The zero-order valence-corrected chi connectivity index (χ0v) is 13.5.